The summed E-state index contributed by atoms with van der Waals surface area (Å²) in [5.74, 6) is -3.06. The number of nitro groups is 2. The fourth-order valence-electron chi connectivity index (χ4n) is 3.72. The molecular formula is C13H16N3O8-. The number of rotatable bonds is 7. The second-order valence-corrected chi connectivity index (χ2v) is 6.42. The highest BCUT2D eigenvalue weighted by molar-refractivity contribution is 5.71. The number of carbonyl (C=O) groups excluding carboxylic acids is 2. The number of carboxylic acid groups (broad SMARTS) is 2. The van der Waals surface area contributed by atoms with Gasteiger partial charge in [0, 0.05) is 28.7 Å². The Morgan fingerprint density at radius 3 is 2.33 bits per heavy atom. The molecule has 0 aromatic carbocycles. The molecule has 11 nitrogen and oxygen atoms in total. The number of hydrogen-bond acceptors (Lipinski definition) is 8. The Morgan fingerprint density at radius 2 is 1.83 bits per heavy atom. The Hall–Kier alpha value is -2.56. The maximum atomic E-state index is 11.5. The Kier molecular flexibility index (Phi) is 4.56. The third kappa shape index (κ3) is 3.07. The number of carboxylic acids is 2. The molecule has 2 rings (SSSR count). The van der Waals surface area contributed by atoms with Crippen molar-refractivity contribution in [1.82, 2.24) is 0 Å². The van der Waals surface area contributed by atoms with Crippen molar-refractivity contribution in [3.8, 4) is 0 Å². The minimum Gasteiger partial charge on any atom is -0.550 e. The number of carbonyl (C=O) groups is 2. The Morgan fingerprint density at radius 1 is 1.17 bits per heavy atom. The van der Waals surface area contributed by atoms with Crippen molar-refractivity contribution in [2.24, 2.45) is 0 Å². The summed E-state index contributed by atoms with van der Waals surface area (Å²) in [5.41, 5.74) is -3.39. The van der Waals surface area contributed by atoms with Crippen molar-refractivity contribution >= 4 is 11.9 Å². The smallest absolute Gasteiger partial charge is 0.294 e. The summed E-state index contributed by atoms with van der Waals surface area (Å²) in [7, 11) is 0. The predicted molar refractivity (Wildman–Crippen MR) is 71.6 cm³/mol. The second kappa shape index (κ2) is 6.15. The van der Waals surface area contributed by atoms with Crippen molar-refractivity contribution in [3.63, 3.8) is 0 Å². The monoisotopic (exact) mass is 342 g/mol. The van der Waals surface area contributed by atoms with Gasteiger partial charge in [-0.15, -0.1) is 0 Å². The zero-order chi connectivity index (χ0) is 18.1. The van der Waals surface area contributed by atoms with E-state index >= 15 is 0 Å². The van der Waals surface area contributed by atoms with E-state index in [4.69, 9.17) is 0 Å². The minimum atomic E-state index is -1.74. The van der Waals surface area contributed by atoms with Crippen LogP contribution in [-0.2, 0) is 9.59 Å². The SMILES string of the molecule is O=C([O-])CC[C@@H](C(=O)[O-])[NH+]1C[C@]2([N+](=O)[O-])C=CC[C@]([N+](=O)[O-])(C1)C2. The highest BCUT2D eigenvalue weighted by Crippen LogP contribution is 2.36. The van der Waals surface area contributed by atoms with E-state index in [1.54, 1.807) is 0 Å². The maximum Gasteiger partial charge on any atom is 0.294 e. The van der Waals surface area contributed by atoms with Crippen molar-refractivity contribution in [2.75, 3.05) is 13.1 Å². The lowest BCUT2D eigenvalue weighted by atomic mass is 9.71. The summed E-state index contributed by atoms with van der Waals surface area (Å²) in [4.78, 5) is 43.8. The van der Waals surface area contributed by atoms with Crippen LogP contribution in [0.3, 0.4) is 0 Å². The summed E-state index contributed by atoms with van der Waals surface area (Å²) in [6.07, 6.45) is 1.36. The van der Waals surface area contributed by atoms with E-state index in [0.717, 1.165) is 0 Å². The first-order valence-corrected chi connectivity index (χ1v) is 7.34. The van der Waals surface area contributed by atoms with Gasteiger partial charge in [-0.05, 0) is 12.5 Å². The first kappa shape index (κ1) is 17.8. The number of likely N-dealkylation sites (tertiary alicyclic amines) is 1. The molecule has 1 saturated heterocycles. The molecule has 4 atom stereocenters. The van der Waals surface area contributed by atoms with Crippen LogP contribution in [0.4, 0.5) is 0 Å². The van der Waals surface area contributed by atoms with Gasteiger partial charge in [0.05, 0.1) is 5.97 Å². The van der Waals surface area contributed by atoms with E-state index in [2.05, 4.69) is 0 Å². The fourth-order valence-corrected chi connectivity index (χ4v) is 3.72. The third-order valence-corrected chi connectivity index (χ3v) is 4.82. The fraction of sp³-hybridized carbons (Fsp3) is 0.692. The molecule has 2 aliphatic rings. The van der Waals surface area contributed by atoms with Crippen LogP contribution in [0, 0.1) is 20.2 Å². The number of quaternary nitrogens is 1. The molecule has 1 fully saturated rings. The summed E-state index contributed by atoms with van der Waals surface area (Å²) in [6.45, 7) is -0.524. The van der Waals surface area contributed by atoms with Gasteiger partial charge < -0.3 is 24.7 Å². The van der Waals surface area contributed by atoms with E-state index in [9.17, 15) is 40.0 Å². The van der Waals surface area contributed by atoms with Gasteiger partial charge in [-0.1, -0.05) is 6.08 Å². The predicted octanol–water partition coefficient (Wildman–Crippen LogP) is -4.09. The molecule has 1 aliphatic carbocycles. The lowest BCUT2D eigenvalue weighted by Gasteiger charge is -2.44. The van der Waals surface area contributed by atoms with Crippen LogP contribution in [0.15, 0.2) is 12.2 Å². The summed E-state index contributed by atoms with van der Waals surface area (Å²) < 4.78 is 0. The molecule has 0 aromatic heterocycles. The minimum absolute atomic E-state index is 0.0423. The summed E-state index contributed by atoms with van der Waals surface area (Å²) in [6, 6.07) is -1.40. The van der Waals surface area contributed by atoms with Gasteiger partial charge in [0.25, 0.3) is 11.1 Å². The van der Waals surface area contributed by atoms with Gasteiger partial charge in [0.2, 0.25) is 0 Å². The standard InChI is InChI=1S/C13H17N3O8/c17-10(18)3-2-9(11(19)20)14-7-12(15(21)22)4-1-5-13(6-12,8-14)16(23)24/h1,4,9H,2-3,5-8H2,(H,17,18)(H,19,20)/p-1/t9-,12-,13+/m0/s1. The molecular weight excluding hydrogens is 326 g/mol. The lowest BCUT2D eigenvalue weighted by molar-refractivity contribution is -0.958. The van der Waals surface area contributed by atoms with Gasteiger partial charge in [-0.25, -0.2) is 0 Å². The number of nitrogens with one attached hydrogen (secondary N) is 1. The van der Waals surface area contributed by atoms with E-state index in [-0.39, 0.29) is 37.3 Å². The second-order valence-electron chi connectivity index (χ2n) is 6.42. The molecule has 24 heavy (non-hydrogen) atoms. The van der Waals surface area contributed by atoms with Crippen LogP contribution in [0.5, 0.6) is 0 Å². The van der Waals surface area contributed by atoms with Crippen molar-refractivity contribution in [1.29, 1.82) is 0 Å². The van der Waals surface area contributed by atoms with Crippen LogP contribution in [-0.4, -0.2) is 52.0 Å². The topological polar surface area (TPSA) is 171 Å². The quantitative estimate of drug-likeness (QED) is 0.276. The molecule has 1 unspecified atom stereocenters. The number of hydrogen-bond donors (Lipinski definition) is 1. The van der Waals surface area contributed by atoms with Crippen molar-refractivity contribution < 1.29 is 34.5 Å². The Balaban J connectivity index is 2.38. The zero-order valence-electron chi connectivity index (χ0n) is 12.6. The molecule has 1 N–H and O–H groups in total. The molecule has 132 valence electrons. The third-order valence-electron chi connectivity index (χ3n) is 4.82. The number of fused-ring (bicyclic) bond motifs is 2. The molecule has 0 radical (unpaired) electrons. The molecule has 1 aliphatic heterocycles. The molecule has 0 aromatic rings. The zero-order valence-corrected chi connectivity index (χ0v) is 12.6. The van der Waals surface area contributed by atoms with Crippen molar-refractivity contribution in [3.05, 3.63) is 32.4 Å². The highest BCUT2D eigenvalue weighted by atomic mass is 16.6. The largest absolute Gasteiger partial charge is 0.550 e. The number of piperidine rings is 1. The van der Waals surface area contributed by atoms with E-state index in [1.165, 1.54) is 12.2 Å². The summed E-state index contributed by atoms with van der Waals surface area (Å²) >= 11 is 0. The summed E-state index contributed by atoms with van der Waals surface area (Å²) in [5, 5.41) is 45.0. The van der Waals surface area contributed by atoms with Crippen molar-refractivity contribution in [2.45, 2.75) is 42.8 Å². The van der Waals surface area contributed by atoms with Crippen LogP contribution >= 0.6 is 0 Å². The first-order valence-electron chi connectivity index (χ1n) is 7.34. The van der Waals surface area contributed by atoms with E-state index in [1.807, 2.05) is 0 Å². The molecule has 0 saturated carbocycles. The molecule has 11 heteroatoms. The molecule has 0 spiro atoms. The average molecular weight is 342 g/mol. The Labute approximate surface area is 135 Å². The van der Waals surface area contributed by atoms with Gasteiger partial charge in [0.15, 0.2) is 6.54 Å². The van der Waals surface area contributed by atoms with E-state index in [0.29, 0.717) is 0 Å². The number of nitrogens with zero attached hydrogens (tertiary/aromatic N) is 2. The van der Waals surface area contributed by atoms with Gasteiger partial charge in [-0.2, -0.15) is 0 Å². The van der Waals surface area contributed by atoms with Gasteiger partial charge >= 0.3 is 0 Å². The highest BCUT2D eigenvalue weighted by Gasteiger charge is 2.65. The number of aliphatic carboxylic acids is 2. The van der Waals surface area contributed by atoms with Gasteiger partial charge in [-0.3, -0.25) is 20.2 Å². The van der Waals surface area contributed by atoms with Crippen LogP contribution in [0.25, 0.3) is 0 Å². The maximum absolute atomic E-state index is 11.5. The Bertz CT molecular complexity index is 620. The lowest BCUT2D eigenvalue weighted by Crippen LogP contribution is -3.22. The first-order chi connectivity index (χ1) is 11.1. The van der Waals surface area contributed by atoms with Crippen LogP contribution in [0.1, 0.15) is 25.7 Å². The van der Waals surface area contributed by atoms with Crippen LogP contribution < -0.4 is 15.1 Å². The van der Waals surface area contributed by atoms with Gasteiger partial charge in [0.1, 0.15) is 19.0 Å². The normalized spacial score (nSPS) is 32.8. The average Bonchev–Trinajstić information content (AvgIpc) is 2.46. The van der Waals surface area contributed by atoms with E-state index < -0.39 is 45.3 Å². The van der Waals surface area contributed by atoms with Crippen LogP contribution in [0.2, 0.25) is 0 Å². The molecule has 0 amide bonds. The molecule has 2 bridgehead atoms. The molecule has 1 heterocycles.